The third-order valence-corrected chi connectivity index (χ3v) is 7.12. The fourth-order valence-corrected chi connectivity index (χ4v) is 4.26. The van der Waals surface area contributed by atoms with Crippen molar-refractivity contribution >= 4 is 68.7 Å². The van der Waals surface area contributed by atoms with Crippen LogP contribution in [0.3, 0.4) is 0 Å². The topological polar surface area (TPSA) is 274 Å². The maximum atomic E-state index is 12.4. The van der Waals surface area contributed by atoms with Gasteiger partial charge in [-0.25, -0.2) is 0 Å². The summed E-state index contributed by atoms with van der Waals surface area (Å²) in [5, 5.41) is 34.2. The van der Waals surface area contributed by atoms with Gasteiger partial charge >= 0.3 is 0 Å². The van der Waals surface area contributed by atoms with E-state index in [1.807, 2.05) is 0 Å². The van der Waals surface area contributed by atoms with E-state index < -0.39 is 10.5 Å². The van der Waals surface area contributed by atoms with Gasteiger partial charge in [0, 0.05) is 42.1 Å². The number of nitrogens with one attached hydrogen (secondary N) is 4. The Morgan fingerprint density at radius 1 is 0.467 bits per heavy atom. The van der Waals surface area contributed by atoms with Crippen LogP contribution in [-0.4, -0.2) is 115 Å². The van der Waals surface area contributed by atoms with Crippen molar-refractivity contribution in [3.63, 3.8) is 0 Å². The molecule has 4 aromatic rings. The van der Waals surface area contributed by atoms with Crippen molar-refractivity contribution in [2.24, 2.45) is 5.73 Å². The summed E-state index contributed by atoms with van der Waals surface area (Å²) in [7, 11) is 0. The van der Waals surface area contributed by atoms with Crippen molar-refractivity contribution in [3.8, 4) is 23.0 Å². The molecular formula is C40H45Cl2N5O13. The highest BCUT2D eigenvalue weighted by Crippen LogP contribution is 2.19. The summed E-state index contributed by atoms with van der Waals surface area (Å²) < 4.78 is 20.9. The number of aliphatic hydroxyl groups is 3. The summed E-state index contributed by atoms with van der Waals surface area (Å²) in [4.78, 5) is 68.7. The normalized spacial score (nSPS) is 9.90. The molecule has 0 bridgehead atoms. The maximum absolute atomic E-state index is 12.4. The number of hydrogen-bond donors (Lipinski definition) is 8. The van der Waals surface area contributed by atoms with Gasteiger partial charge in [-0.2, -0.15) is 0 Å². The highest BCUT2D eigenvalue weighted by Gasteiger charge is 2.10. The highest BCUT2D eigenvalue weighted by molar-refractivity contribution is 6.64. The van der Waals surface area contributed by atoms with Gasteiger partial charge in [-0.3, -0.25) is 28.8 Å². The van der Waals surface area contributed by atoms with Gasteiger partial charge in [0.1, 0.15) is 23.0 Å². The molecule has 0 unspecified atom stereocenters. The van der Waals surface area contributed by atoms with Gasteiger partial charge in [0.2, 0.25) is 0 Å². The van der Waals surface area contributed by atoms with Crippen LogP contribution in [0.15, 0.2) is 97.1 Å². The van der Waals surface area contributed by atoms with Crippen LogP contribution in [-0.2, 0) is 19.2 Å². The van der Waals surface area contributed by atoms with Crippen molar-refractivity contribution < 1.29 is 63.0 Å². The molecule has 0 heterocycles. The lowest BCUT2D eigenvalue weighted by molar-refractivity contribution is -0.124. The fraction of sp³-hybridized carbons (Fsp3) is 0.250. The van der Waals surface area contributed by atoms with Crippen LogP contribution in [0.5, 0.6) is 23.0 Å². The van der Waals surface area contributed by atoms with E-state index in [0.717, 1.165) is 0 Å². The van der Waals surface area contributed by atoms with Gasteiger partial charge in [-0.15, -0.1) is 0 Å². The molecule has 0 saturated carbocycles. The lowest BCUT2D eigenvalue weighted by atomic mass is 10.2. The van der Waals surface area contributed by atoms with Crippen LogP contribution in [0.2, 0.25) is 0 Å². The predicted octanol–water partition coefficient (Wildman–Crippen LogP) is 2.08. The van der Waals surface area contributed by atoms with Gasteiger partial charge in [-0.1, -0.05) is 0 Å². The molecule has 9 N–H and O–H groups in total. The molecule has 0 aliphatic heterocycles. The lowest BCUT2D eigenvalue weighted by Gasteiger charge is -2.09. The number of halogens is 2. The third kappa shape index (κ3) is 21.5. The Hall–Kier alpha value is -6.28. The van der Waals surface area contributed by atoms with Crippen LogP contribution in [0.4, 0.5) is 11.4 Å². The van der Waals surface area contributed by atoms with Crippen LogP contribution in [0.25, 0.3) is 0 Å². The van der Waals surface area contributed by atoms with Crippen molar-refractivity contribution in [1.29, 1.82) is 0 Å². The monoisotopic (exact) mass is 873 g/mol. The van der Waals surface area contributed by atoms with E-state index in [9.17, 15) is 28.8 Å². The average molecular weight is 875 g/mol. The minimum atomic E-state index is -0.607. The molecule has 4 aromatic carbocycles. The smallest absolute Gasteiger partial charge is 0.259 e. The SMILES string of the molecule is NCCO.O=C(COc1ccc(NC(=O)c2ccc(OCC(=O)NCCO)cc2)cc1)NCCO.O=C(Cl)COc1ccc(NC(=O)c2ccc(OCC(=O)Cl)cc2)cc1. The minimum Gasteiger partial charge on any atom is -0.484 e. The van der Waals surface area contributed by atoms with Crippen LogP contribution in [0.1, 0.15) is 20.7 Å². The van der Waals surface area contributed by atoms with Gasteiger partial charge < -0.3 is 61.3 Å². The zero-order valence-corrected chi connectivity index (χ0v) is 33.6. The summed E-state index contributed by atoms with van der Waals surface area (Å²) >= 11 is 10.4. The average Bonchev–Trinajstić information content (AvgIpc) is 3.26. The number of nitrogens with two attached hydrogens (primary N) is 1. The lowest BCUT2D eigenvalue weighted by Crippen LogP contribution is -2.31. The zero-order chi connectivity index (χ0) is 44.1. The van der Waals surface area contributed by atoms with Crippen LogP contribution < -0.4 is 45.9 Å². The Morgan fingerprint density at radius 2 is 0.750 bits per heavy atom. The molecule has 4 rings (SSSR count). The predicted molar refractivity (Wildman–Crippen MR) is 222 cm³/mol. The first-order chi connectivity index (χ1) is 28.9. The molecule has 20 heteroatoms. The Labute approximate surface area is 354 Å². The van der Waals surface area contributed by atoms with Crippen LogP contribution in [0, 0.1) is 0 Å². The molecule has 0 aromatic heterocycles. The third-order valence-electron chi connectivity index (χ3n) is 6.90. The molecule has 322 valence electrons. The van der Waals surface area contributed by atoms with Gasteiger partial charge in [0.25, 0.3) is 34.1 Å². The summed E-state index contributed by atoms with van der Waals surface area (Å²) in [6.45, 7) is -0.318. The van der Waals surface area contributed by atoms with E-state index in [4.69, 9.17) is 63.2 Å². The summed E-state index contributed by atoms with van der Waals surface area (Å²) in [5.41, 5.74) is 6.70. The fourth-order valence-electron chi connectivity index (χ4n) is 4.15. The Morgan fingerprint density at radius 3 is 1.02 bits per heavy atom. The molecule has 0 saturated heterocycles. The summed E-state index contributed by atoms with van der Waals surface area (Å²) in [5.74, 6) is 0.442. The largest absolute Gasteiger partial charge is 0.484 e. The second kappa shape index (κ2) is 29.0. The van der Waals surface area contributed by atoms with Crippen LogP contribution >= 0.6 is 23.2 Å². The second-order valence-electron chi connectivity index (χ2n) is 11.5. The summed E-state index contributed by atoms with van der Waals surface area (Å²) in [6.07, 6.45) is 0. The number of aliphatic hydroxyl groups excluding tert-OH is 3. The van der Waals surface area contributed by atoms with E-state index in [0.29, 0.717) is 52.0 Å². The molecule has 0 radical (unpaired) electrons. The van der Waals surface area contributed by atoms with Crippen molar-refractivity contribution in [1.82, 2.24) is 10.6 Å². The number of amides is 4. The first-order valence-electron chi connectivity index (χ1n) is 17.8. The first-order valence-corrected chi connectivity index (χ1v) is 18.6. The Kier molecular flexibility index (Phi) is 24.1. The number of hydrogen-bond acceptors (Lipinski definition) is 14. The first kappa shape index (κ1) is 49.9. The number of ether oxygens (including phenoxy) is 4. The number of anilines is 2. The van der Waals surface area contributed by atoms with Crippen molar-refractivity contribution in [2.45, 2.75) is 0 Å². The number of benzene rings is 4. The minimum absolute atomic E-state index is 0.0972. The highest BCUT2D eigenvalue weighted by atomic mass is 35.5. The molecule has 18 nitrogen and oxygen atoms in total. The Bertz CT molecular complexity index is 1930. The molecular weight excluding hydrogens is 829 g/mol. The zero-order valence-electron chi connectivity index (χ0n) is 32.1. The standard InChI is InChI=1S/C21H25N3O7.C17H13Cl2NO5.C2H7NO/c25-11-9-22-19(27)13-30-17-5-1-15(2-6-17)21(29)24-16-3-7-18(8-4-16)31-14-20(28)23-10-12-26;18-15(21)9-24-13-5-1-11(2-6-13)17(23)20-12-3-7-14(8-4-12)25-10-16(19)22;3-1-2-4/h1-8,25-26H,9-14H2,(H,22,27)(H,23,28)(H,24,29);1-8H,9-10H2,(H,20,23);4H,1-3H2. The van der Waals surface area contributed by atoms with E-state index in [-0.39, 0.29) is 83.0 Å². The molecule has 0 atom stereocenters. The number of rotatable bonds is 21. The second-order valence-corrected chi connectivity index (χ2v) is 12.4. The molecule has 0 fully saturated rings. The number of carbonyl (C=O) groups excluding carboxylic acids is 6. The van der Waals surface area contributed by atoms with Gasteiger partial charge in [0.05, 0.1) is 19.8 Å². The molecule has 0 spiro atoms. The molecule has 0 aliphatic rings. The van der Waals surface area contributed by atoms with E-state index in [1.54, 1.807) is 97.1 Å². The Balaban J connectivity index is 0.000000386. The van der Waals surface area contributed by atoms with E-state index in [1.165, 1.54) is 0 Å². The maximum Gasteiger partial charge on any atom is 0.259 e. The summed E-state index contributed by atoms with van der Waals surface area (Å²) in [6, 6.07) is 25.5. The molecule has 60 heavy (non-hydrogen) atoms. The number of carbonyl (C=O) groups is 6. The van der Waals surface area contributed by atoms with Gasteiger partial charge in [0.15, 0.2) is 26.4 Å². The van der Waals surface area contributed by atoms with Gasteiger partial charge in [-0.05, 0) is 120 Å². The quantitative estimate of drug-likeness (QED) is 0.0557. The van der Waals surface area contributed by atoms with Crippen molar-refractivity contribution in [2.75, 3.05) is 76.5 Å². The van der Waals surface area contributed by atoms with E-state index >= 15 is 0 Å². The molecule has 4 amide bonds. The molecule has 0 aliphatic carbocycles. The van der Waals surface area contributed by atoms with Crippen molar-refractivity contribution in [3.05, 3.63) is 108 Å². The van der Waals surface area contributed by atoms with E-state index in [2.05, 4.69) is 21.3 Å².